The molecule has 0 spiro atoms. The van der Waals surface area contributed by atoms with Crippen LogP contribution in [0.3, 0.4) is 0 Å². The molecule has 0 aliphatic carbocycles. The number of nitrogens with zero attached hydrogens (tertiary/aromatic N) is 7. The Balaban J connectivity index is 0.908. The Morgan fingerprint density at radius 1 is 0.523 bits per heavy atom. The van der Waals surface area contributed by atoms with Gasteiger partial charge in [0.05, 0.1) is 64.9 Å². The molecule has 4 N–H and O–H groups in total. The van der Waals surface area contributed by atoms with Gasteiger partial charge in [-0.05, 0) is 68.3 Å². The number of rotatable bonds is 76. The molecule has 2 aliphatic rings. The first-order valence-corrected chi connectivity index (χ1v) is 52.2. The molecule has 2 aromatic carbocycles. The summed E-state index contributed by atoms with van der Waals surface area (Å²) in [5, 5.41) is 15.7. The lowest BCUT2D eigenvalue weighted by atomic mass is 10.0. The Hall–Kier alpha value is -7.30. The maximum Gasteiger partial charge on any atom is 0.351 e. The van der Waals surface area contributed by atoms with E-state index in [0.29, 0.717) is 53.8 Å². The fraction of sp³-hybridized carbons (Fsp3) is 0.727. The van der Waals surface area contributed by atoms with Crippen LogP contribution >= 0.6 is 6.72 Å². The van der Waals surface area contributed by atoms with E-state index in [2.05, 4.69) is 51.3 Å². The van der Waals surface area contributed by atoms with E-state index in [1.807, 2.05) is 0 Å². The van der Waals surface area contributed by atoms with Crippen LogP contribution in [-0.2, 0) is 59.0 Å². The molecule has 0 radical (unpaired) electrons. The third-order valence-electron chi connectivity index (χ3n) is 24.1. The minimum atomic E-state index is -4.23. The van der Waals surface area contributed by atoms with Crippen LogP contribution in [0.2, 0.25) is 0 Å². The second-order valence-corrected chi connectivity index (χ2v) is 38.0. The van der Waals surface area contributed by atoms with Crippen molar-refractivity contribution in [3.05, 3.63) is 89.0 Å². The summed E-state index contributed by atoms with van der Waals surface area (Å²) in [5.41, 5.74) is 0.451. The first kappa shape index (κ1) is 108. The molecule has 5 aromatic rings. The molecule has 7 rings (SSSR count). The van der Waals surface area contributed by atoms with Gasteiger partial charge in [0.2, 0.25) is 11.7 Å². The Kier molecular flexibility index (Phi) is 55.0. The molecule has 7 atom stereocenters. The smallest absolute Gasteiger partial charge is 0.351 e. The van der Waals surface area contributed by atoms with Gasteiger partial charge in [0.25, 0.3) is 11.8 Å². The van der Waals surface area contributed by atoms with Crippen LogP contribution in [0.25, 0.3) is 11.2 Å². The summed E-state index contributed by atoms with van der Waals surface area (Å²) >= 11 is 5.47. The van der Waals surface area contributed by atoms with Crippen molar-refractivity contribution in [2.24, 2.45) is 0 Å². The van der Waals surface area contributed by atoms with Gasteiger partial charge in [-0.1, -0.05) is 328 Å². The number of benzene rings is 2. The Morgan fingerprint density at radius 3 is 1.45 bits per heavy atom. The fourth-order valence-electron chi connectivity index (χ4n) is 16.4. The molecule has 718 valence electrons. The number of esters is 2. The van der Waals surface area contributed by atoms with E-state index in [1.165, 1.54) is 287 Å². The predicted octanol–water partition coefficient (Wildman–Crippen LogP) is 22.8. The molecule has 2 fully saturated rings. The normalized spacial score (nSPS) is 16.6. The van der Waals surface area contributed by atoms with Gasteiger partial charge in [0.15, 0.2) is 28.5 Å². The number of aliphatic hydroxyl groups is 1. The number of nitrogens with one attached hydrogen (secondary N) is 2. The zero-order valence-corrected chi connectivity index (χ0v) is 80.1. The molecule has 27 nitrogen and oxygen atoms in total. The molecule has 128 heavy (non-hydrogen) atoms. The molecule has 2 saturated heterocycles. The minimum absolute atomic E-state index is 0.0244. The summed E-state index contributed by atoms with van der Waals surface area (Å²) in [6.07, 6.45) is 57.6. The number of anilines is 2. The molecular weight excluding hydrogens is 1670 g/mol. The van der Waals surface area contributed by atoms with Crippen molar-refractivity contribution >= 4 is 76.8 Å². The number of hydrogen-bond acceptors (Lipinski definition) is 22. The zero-order valence-electron chi connectivity index (χ0n) is 78.4. The zero-order chi connectivity index (χ0) is 91.5. The van der Waals surface area contributed by atoms with Crippen molar-refractivity contribution in [1.29, 1.82) is 0 Å². The summed E-state index contributed by atoms with van der Waals surface area (Å²) in [4.78, 5) is 123. The summed E-state index contributed by atoms with van der Waals surface area (Å²) < 4.78 is 58.2. The van der Waals surface area contributed by atoms with Gasteiger partial charge in [-0.3, -0.25) is 33.1 Å². The minimum Gasteiger partial charge on any atom is -0.490 e. The van der Waals surface area contributed by atoms with Crippen molar-refractivity contribution in [3.63, 3.8) is 0 Å². The van der Waals surface area contributed by atoms with Gasteiger partial charge in [0, 0.05) is 50.1 Å². The van der Waals surface area contributed by atoms with E-state index in [-0.39, 0.29) is 80.5 Å². The maximum atomic E-state index is 14.5. The summed E-state index contributed by atoms with van der Waals surface area (Å²) in [6, 6.07) is 13.4. The highest BCUT2D eigenvalue weighted by Crippen LogP contribution is 2.50. The standard InChI is InChI=1S/C99H158N9O18PS/c1-6-9-12-15-18-21-24-27-30-33-36-39-42-45-48-54-66-118-83-70-80(71-84(119-67-55-49-46-43-40-37-34-31-28-25-22-19-16-13-10-7-2)94(83)121-68-56-50-47-44-41-38-35-32-29-26-23-20-17-14-11-8-3)98(115)106(5)65-69-120-91(112)62-60-88(111)103-87-63-64-107(99(116)104-87)89-72-81(125-92(113)61-59-78(4)110)86(124-89)75-122-127(117,128)126-82-73-90(123-85(82)74-109)108-77-102-93-95(100-76-101-96(93)108)105-97(114)79-57-52-51-53-58-79/h51-53,57-58,63-64,70-71,76-77,81-82,85-86,89-90,109H,6-50,54-56,59-62,65-69,72-75H2,1-5H3,(H,117,128)(H,100,101,105,114)(H,103,104,111,116)/t81?,82?,85-,86-,89-,90-,127?/m1/s1. The third kappa shape index (κ3) is 43.4. The molecule has 3 unspecified atom stereocenters. The summed E-state index contributed by atoms with van der Waals surface area (Å²) in [5.74, 6) is -1.53. The van der Waals surface area contributed by atoms with Crippen LogP contribution in [-0.4, -0.2) is 157 Å². The van der Waals surface area contributed by atoms with Crippen LogP contribution in [0.4, 0.5) is 11.6 Å². The average Bonchev–Trinajstić information content (AvgIpc) is 1.63. The Bertz CT molecular complexity index is 3980. The number of aromatic nitrogens is 6. The lowest BCUT2D eigenvalue weighted by Crippen LogP contribution is -2.32. The van der Waals surface area contributed by atoms with Crippen LogP contribution in [0.5, 0.6) is 17.2 Å². The van der Waals surface area contributed by atoms with Crippen molar-refractivity contribution < 1.29 is 81.0 Å². The summed E-state index contributed by atoms with van der Waals surface area (Å²) in [6.45, 7) is 4.18. The van der Waals surface area contributed by atoms with Crippen molar-refractivity contribution in [3.8, 4) is 17.2 Å². The maximum absolute atomic E-state index is 14.5. The highest BCUT2D eigenvalue weighted by atomic mass is 32.5. The van der Waals surface area contributed by atoms with Gasteiger partial charge >= 0.3 is 24.3 Å². The Labute approximate surface area is 768 Å². The first-order chi connectivity index (χ1) is 62.4. The number of ketones is 1. The number of aliphatic hydroxyl groups excluding tert-OH is 1. The first-order valence-electron chi connectivity index (χ1n) is 49.6. The van der Waals surface area contributed by atoms with E-state index in [1.54, 1.807) is 54.1 Å². The highest BCUT2D eigenvalue weighted by molar-refractivity contribution is 8.07. The van der Waals surface area contributed by atoms with E-state index >= 15 is 0 Å². The molecule has 5 heterocycles. The van der Waals surface area contributed by atoms with Gasteiger partial charge < -0.3 is 72.5 Å². The second kappa shape index (κ2) is 65.3. The number of hydrogen-bond donors (Lipinski definition) is 4. The van der Waals surface area contributed by atoms with E-state index < -0.39 is 86.2 Å². The molecule has 0 bridgehead atoms. The number of Topliss-reactive ketones (excluding diaryl/α,β-unsaturated/α-hetero) is 1. The SMILES string of the molecule is CCCCCCCCCCCCCCCCCCOc1cc(C(=O)N(C)CCOC(=O)CCC(=O)Nc2ccn([C@H]3CC(OC(=O)CCC(C)=O)[C@@H](COP(O)(=S)OC4C[C@H](n5cnc6c(NC(=O)c7ccccc7)ncnc65)O[C@@H]4CO)O3)c(=O)n2)cc(OCCCCCCCCCCCCCCCCCC)c1OCCCCCCCCCCCCCCCCCC. The number of carbonyl (C=O) groups excluding carboxylic acids is 6. The Morgan fingerprint density at radius 2 is 0.977 bits per heavy atom. The number of fused-ring (bicyclic) bond motifs is 1. The monoisotopic (exact) mass is 1820 g/mol. The lowest BCUT2D eigenvalue weighted by Gasteiger charge is -2.25. The van der Waals surface area contributed by atoms with Crippen LogP contribution in [0, 0.1) is 0 Å². The molecule has 0 saturated carbocycles. The van der Waals surface area contributed by atoms with Crippen molar-refractivity contribution in [1.82, 2.24) is 34.0 Å². The van der Waals surface area contributed by atoms with Crippen molar-refractivity contribution in [2.75, 3.05) is 63.9 Å². The predicted molar refractivity (Wildman–Crippen MR) is 507 cm³/mol. The van der Waals surface area contributed by atoms with Gasteiger partial charge in [-0.15, -0.1) is 0 Å². The fourth-order valence-corrected chi connectivity index (χ4v) is 17.9. The number of amides is 3. The van der Waals surface area contributed by atoms with Gasteiger partial charge in [-0.2, -0.15) is 4.98 Å². The van der Waals surface area contributed by atoms with Crippen LogP contribution in [0.1, 0.15) is 408 Å². The number of ether oxygens (including phenoxy) is 7. The van der Waals surface area contributed by atoms with Crippen molar-refractivity contribution in [2.45, 2.75) is 411 Å². The average molecular weight is 1830 g/mol. The number of likely N-dealkylation sites (N-methyl/N-ethyl adjacent to an activating group) is 1. The van der Waals surface area contributed by atoms with Gasteiger partial charge in [0.1, 0.15) is 55.3 Å². The highest BCUT2D eigenvalue weighted by Gasteiger charge is 2.44. The largest absolute Gasteiger partial charge is 0.490 e. The van der Waals surface area contributed by atoms with Gasteiger partial charge in [-0.25, -0.2) is 19.7 Å². The number of imidazole rings is 1. The quantitative estimate of drug-likeness (QED) is 0.0160. The molecule has 29 heteroatoms. The molecule has 2 aliphatic heterocycles. The third-order valence-corrected chi connectivity index (χ3v) is 25.7. The molecule has 3 aromatic heterocycles. The van der Waals surface area contributed by atoms with Crippen LogP contribution < -0.4 is 30.5 Å². The van der Waals surface area contributed by atoms with E-state index in [9.17, 15) is 43.6 Å². The van der Waals surface area contributed by atoms with E-state index in [4.69, 9.17) is 54.0 Å². The second-order valence-electron chi connectivity index (χ2n) is 35.2. The lowest BCUT2D eigenvalue weighted by molar-refractivity contribution is -0.153. The molecule has 3 amide bonds. The number of carbonyl (C=O) groups is 6. The van der Waals surface area contributed by atoms with E-state index in [0.717, 1.165) is 62.4 Å². The van der Waals surface area contributed by atoms with Crippen LogP contribution in [0.15, 0.2) is 72.2 Å². The molecular formula is C99H158N9O18PS. The summed E-state index contributed by atoms with van der Waals surface area (Å²) in [7, 11) is 1.65. The topological polar surface area (TPSA) is 332 Å². The number of unbranched alkanes of at least 4 members (excludes halogenated alkanes) is 45.